The molecule has 0 bridgehead atoms. The average Bonchev–Trinajstić information content (AvgIpc) is 2.84. The van der Waals surface area contributed by atoms with Gasteiger partial charge in [-0.05, 0) is 18.8 Å². The molecule has 2 atom stereocenters. The summed E-state index contributed by atoms with van der Waals surface area (Å²) in [5.74, 6) is 0.568. The minimum atomic E-state index is -3.47. The van der Waals surface area contributed by atoms with Gasteiger partial charge in [0.25, 0.3) is 0 Å². The van der Waals surface area contributed by atoms with Gasteiger partial charge < -0.3 is 4.74 Å². The number of rotatable bonds is 6. The Morgan fingerprint density at radius 1 is 1.45 bits per heavy atom. The zero-order valence-corrected chi connectivity index (χ0v) is 12.9. The van der Waals surface area contributed by atoms with E-state index in [-0.39, 0.29) is 11.0 Å². The number of ether oxygens (including phenoxy) is 1. The second-order valence-corrected chi connectivity index (χ2v) is 7.19. The van der Waals surface area contributed by atoms with Crippen molar-refractivity contribution in [1.82, 2.24) is 14.5 Å². The normalized spacial score (nSPS) is 23.9. The molecule has 1 fully saturated rings. The van der Waals surface area contributed by atoms with E-state index in [2.05, 4.69) is 16.7 Å². The van der Waals surface area contributed by atoms with Crippen molar-refractivity contribution in [2.24, 2.45) is 13.0 Å². The Morgan fingerprint density at radius 3 is 2.85 bits per heavy atom. The van der Waals surface area contributed by atoms with E-state index in [0.717, 1.165) is 6.42 Å². The quantitative estimate of drug-likeness (QED) is 0.804. The van der Waals surface area contributed by atoms with Crippen LogP contribution in [0.5, 0.6) is 0 Å². The van der Waals surface area contributed by atoms with Crippen molar-refractivity contribution in [1.29, 1.82) is 0 Å². The molecule has 20 heavy (non-hydrogen) atoms. The van der Waals surface area contributed by atoms with Gasteiger partial charge in [-0.15, -0.1) is 0 Å². The maximum Gasteiger partial charge on any atom is 0.243 e. The molecule has 0 amide bonds. The van der Waals surface area contributed by atoms with Crippen LogP contribution in [0.4, 0.5) is 0 Å². The summed E-state index contributed by atoms with van der Waals surface area (Å²) >= 11 is 0. The lowest BCUT2D eigenvalue weighted by molar-refractivity contribution is -0.00176. The first-order valence-corrected chi connectivity index (χ1v) is 8.57. The maximum absolute atomic E-state index is 11.9. The highest BCUT2D eigenvalue weighted by Crippen LogP contribution is 2.25. The van der Waals surface area contributed by atoms with Crippen LogP contribution in [0.15, 0.2) is 17.3 Å². The van der Waals surface area contributed by atoms with E-state index >= 15 is 0 Å². The molecule has 1 aliphatic carbocycles. The molecule has 0 aromatic carbocycles. The van der Waals surface area contributed by atoms with Crippen molar-refractivity contribution in [2.75, 3.05) is 13.2 Å². The molecule has 7 heteroatoms. The van der Waals surface area contributed by atoms with E-state index in [0.29, 0.717) is 19.1 Å². The minimum Gasteiger partial charge on any atom is -0.377 e. The minimum absolute atomic E-state index is 0.186. The van der Waals surface area contributed by atoms with E-state index in [1.807, 2.05) is 0 Å². The number of nitrogens with zero attached hydrogens (tertiary/aromatic N) is 2. The van der Waals surface area contributed by atoms with Gasteiger partial charge in [0.15, 0.2) is 0 Å². The predicted octanol–water partition coefficient (Wildman–Crippen LogP) is 1.29. The molecule has 2 rings (SSSR count). The lowest BCUT2D eigenvalue weighted by Crippen LogP contribution is -2.31. The maximum atomic E-state index is 11.9. The van der Waals surface area contributed by atoms with Crippen LogP contribution in [0.3, 0.4) is 0 Å². The zero-order valence-electron chi connectivity index (χ0n) is 12.1. The number of nitrogens with one attached hydrogen (secondary N) is 1. The molecule has 1 aromatic rings. The Balaban J connectivity index is 1.75. The van der Waals surface area contributed by atoms with Gasteiger partial charge in [0.05, 0.1) is 18.9 Å². The van der Waals surface area contributed by atoms with E-state index in [9.17, 15) is 8.42 Å². The summed E-state index contributed by atoms with van der Waals surface area (Å²) in [6, 6.07) is 0. The third-order valence-corrected chi connectivity index (χ3v) is 5.17. The van der Waals surface area contributed by atoms with E-state index in [1.165, 1.54) is 36.3 Å². The molecular formula is C13H23N3O3S. The lowest BCUT2D eigenvalue weighted by atomic mass is 9.88. The molecule has 1 N–H and O–H groups in total. The van der Waals surface area contributed by atoms with Crippen LogP contribution in [0, 0.1) is 5.92 Å². The summed E-state index contributed by atoms with van der Waals surface area (Å²) in [5.41, 5.74) is 0. The molecule has 0 saturated heterocycles. The zero-order chi connectivity index (χ0) is 14.6. The average molecular weight is 301 g/mol. The molecule has 1 heterocycles. The first kappa shape index (κ1) is 15.5. The van der Waals surface area contributed by atoms with Crippen molar-refractivity contribution >= 4 is 10.0 Å². The van der Waals surface area contributed by atoms with Crippen LogP contribution in [0.1, 0.15) is 32.6 Å². The number of aryl methyl sites for hydroxylation is 1. The SMILES string of the molecule is C[C@@H]1CCCC[C@@H]1OCCNS(=O)(=O)c1cnn(C)c1. The van der Waals surface area contributed by atoms with E-state index in [1.54, 1.807) is 7.05 Å². The fraction of sp³-hybridized carbons (Fsp3) is 0.769. The van der Waals surface area contributed by atoms with Gasteiger partial charge >= 0.3 is 0 Å². The fourth-order valence-corrected chi connectivity index (χ4v) is 3.53. The molecule has 1 saturated carbocycles. The van der Waals surface area contributed by atoms with Crippen molar-refractivity contribution in [3.63, 3.8) is 0 Å². The fourth-order valence-electron chi connectivity index (χ4n) is 2.54. The van der Waals surface area contributed by atoms with Crippen LogP contribution in [-0.4, -0.2) is 37.5 Å². The van der Waals surface area contributed by atoms with Crippen LogP contribution >= 0.6 is 0 Å². The summed E-state index contributed by atoms with van der Waals surface area (Å²) in [6.07, 6.45) is 7.85. The van der Waals surface area contributed by atoms with Gasteiger partial charge in [0, 0.05) is 19.8 Å². The number of sulfonamides is 1. The monoisotopic (exact) mass is 301 g/mol. The van der Waals surface area contributed by atoms with Crippen LogP contribution in [-0.2, 0) is 21.8 Å². The Hall–Kier alpha value is -0.920. The van der Waals surface area contributed by atoms with Gasteiger partial charge in [0.1, 0.15) is 4.90 Å². The molecule has 0 spiro atoms. The van der Waals surface area contributed by atoms with Crippen LogP contribution in [0.2, 0.25) is 0 Å². The molecule has 1 aliphatic rings. The molecule has 6 nitrogen and oxygen atoms in total. The molecule has 0 radical (unpaired) electrons. The smallest absolute Gasteiger partial charge is 0.243 e. The highest BCUT2D eigenvalue weighted by Gasteiger charge is 2.22. The Kier molecular flexibility index (Phi) is 5.17. The second-order valence-electron chi connectivity index (χ2n) is 5.42. The summed E-state index contributed by atoms with van der Waals surface area (Å²) < 4.78 is 33.7. The summed E-state index contributed by atoms with van der Waals surface area (Å²) in [5, 5.41) is 3.86. The van der Waals surface area contributed by atoms with Gasteiger partial charge in [0.2, 0.25) is 10.0 Å². The summed E-state index contributed by atoms with van der Waals surface area (Å²) in [7, 11) is -1.78. The third-order valence-electron chi connectivity index (χ3n) is 3.75. The topological polar surface area (TPSA) is 73.2 Å². The van der Waals surface area contributed by atoms with Crippen molar-refractivity contribution in [3.8, 4) is 0 Å². The second kappa shape index (κ2) is 6.69. The predicted molar refractivity (Wildman–Crippen MR) is 75.8 cm³/mol. The largest absolute Gasteiger partial charge is 0.377 e. The molecular weight excluding hydrogens is 278 g/mol. The van der Waals surface area contributed by atoms with Gasteiger partial charge in [-0.1, -0.05) is 19.8 Å². The molecule has 0 unspecified atom stereocenters. The summed E-state index contributed by atoms with van der Waals surface area (Å²) in [6.45, 7) is 2.90. The van der Waals surface area contributed by atoms with E-state index in [4.69, 9.17) is 4.74 Å². The highest BCUT2D eigenvalue weighted by atomic mass is 32.2. The van der Waals surface area contributed by atoms with E-state index < -0.39 is 10.0 Å². The first-order valence-electron chi connectivity index (χ1n) is 7.09. The molecule has 1 aromatic heterocycles. The highest BCUT2D eigenvalue weighted by molar-refractivity contribution is 7.89. The Bertz CT molecular complexity index is 527. The number of aromatic nitrogens is 2. The van der Waals surface area contributed by atoms with Crippen molar-refractivity contribution in [3.05, 3.63) is 12.4 Å². The number of hydrogen-bond donors (Lipinski definition) is 1. The summed E-state index contributed by atoms with van der Waals surface area (Å²) in [4.78, 5) is 0.186. The molecule has 0 aliphatic heterocycles. The van der Waals surface area contributed by atoms with Gasteiger partial charge in [-0.3, -0.25) is 4.68 Å². The third kappa shape index (κ3) is 4.04. The van der Waals surface area contributed by atoms with Crippen LogP contribution < -0.4 is 4.72 Å². The Morgan fingerprint density at radius 2 is 2.20 bits per heavy atom. The molecule has 114 valence electrons. The number of hydrogen-bond acceptors (Lipinski definition) is 4. The van der Waals surface area contributed by atoms with Crippen LogP contribution in [0.25, 0.3) is 0 Å². The van der Waals surface area contributed by atoms with Crippen molar-refractivity contribution < 1.29 is 13.2 Å². The van der Waals surface area contributed by atoms with Gasteiger partial charge in [-0.25, -0.2) is 13.1 Å². The van der Waals surface area contributed by atoms with Gasteiger partial charge in [-0.2, -0.15) is 5.10 Å². The Labute approximate surface area is 120 Å². The van der Waals surface area contributed by atoms with Crippen molar-refractivity contribution in [2.45, 2.75) is 43.6 Å². The standard InChI is InChI=1S/C13H23N3O3S/c1-11-5-3-4-6-13(11)19-8-7-15-20(17,18)12-9-14-16(2)10-12/h9-11,13,15H,3-8H2,1-2H3/t11-,13+/m1/s1. The lowest BCUT2D eigenvalue weighted by Gasteiger charge is -2.28. The first-order chi connectivity index (χ1) is 9.49.